The van der Waals surface area contributed by atoms with E-state index in [1.807, 2.05) is 0 Å². The van der Waals surface area contributed by atoms with Crippen molar-refractivity contribution in [2.75, 3.05) is 31.6 Å². The molecule has 1 saturated heterocycles. The summed E-state index contributed by atoms with van der Waals surface area (Å²) in [6.45, 7) is 1.39. The fraction of sp³-hybridized carbons (Fsp3) is 0.385. The lowest BCUT2D eigenvalue weighted by Crippen LogP contribution is -2.40. The minimum Gasteiger partial charge on any atom is -0.379 e. The van der Waals surface area contributed by atoms with Crippen molar-refractivity contribution >= 4 is 32.4 Å². The Morgan fingerprint density at radius 1 is 1.39 bits per heavy atom. The highest BCUT2D eigenvalue weighted by molar-refractivity contribution is 7.89. The lowest BCUT2D eigenvalue weighted by atomic mass is 10.4. The molecule has 0 radical (unpaired) electrons. The standard InChI is InChI=1S/C13H16N4O4S2/c1-16-9-10(23(19,20)17-3-5-21-6-4-17)8-11(16)12(18)15-13-14-2-7-22-13/h2,7-9H,3-6H2,1H3,(H,14,15,18). The number of rotatable bonds is 4. The molecule has 2 aromatic rings. The molecule has 1 amide bonds. The minimum absolute atomic E-state index is 0.103. The first-order valence-electron chi connectivity index (χ1n) is 6.93. The second-order valence-electron chi connectivity index (χ2n) is 4.98. The molecule has 0 atom stereocenters. The summed E-state index contributed by atoms with van der Waals surface area (Å²) < 4.78 is 33.3. The van der Waals surface area contributed by atoms with Crippen molar-refractivity contribution in [3.05, 3.63) is 29.5 Å². The van der Waals surface area contributed by atoms with Gasteiger partial charge in [-0.3, -0.25) is 10.1 Å². The van der Waals surface area contributed by atoms with Crippen LogP contribution >= 0.6 is 11.3 Å². The van der Waals surface area contributed by atoms with Crippen LogP contribution < -0.4 is 5.32 Å². The molecule has 3 heterocycles. The molecular weight excluding hydrogens is 340 g/mol. The van der Waals surface area contributed by atoms with Gasteiger partial charge in [0.25, 0.3) is 5.91 Å². The van der Waals surface area contributed by atoms with E-state index in [2.05, 4.69) is 10.3 Å². The van der Waals surface area contributed by atoms with Gasteiger partial charge >= 0.3 is 0 Å². The van der Waals surface area contributed by atoms with E-state index in [9.17, 15) is 13.2 Å². The summed E-state index contributed by atoms with van der Waals surface area (Å²) in [5.41, 5.74) is 0.257. The second-order valence-corrected chi connectivity index (χ2v) is 7.81. The summed E-state index contributed by atoms with van der Waals surface area (Å²) >= 11 is 1.29. The minimum atomic E-state index is -3.62. The van der Waals surface area contributed by atoms with Gasteiger partial charge in [0.15, 0.2) is 5.13 Å². The molecule has 10 heteroatoms. The Morgan fingerprint density at radius 3 is 2.78 bits per heavy atom. The van der Waals surface area contributed by atoms with Crippen LogP contribution in [0.2, 0.25) is 0 Å². The second kappa shape index (κ2) is 6.40. The molecule has 0 aromatic carbocycles. The van der Waals surface area contributed by atoms with E-state index >= 15 is 0 Å². The maximum absolute atomic E-state index is 12.6. The average molecular weight is 356 g/mol. The normalized spacial score (nSPS) is 16.4. The van der Waals surface area contributed by atoms with E-state index in [4.69, 9.17) is 4.74 Å². The van der Waals surface area contributed by atoms with Gasteiger partial charge in [-0.05, 0) is 6.07 Å². The molecule has 1 N–H and O–H groups in total. The van der Waals surface area contributed by atoms with Crippen LogP contribution in [0.1, 0.15) is 10.5 Å². The summed E-state index contributed by atoms with van der Waals surface area (Å²) in [6, 6.07) is 1.38. The Bertz CT molecular complexity index is 792. The van der Waals surface area contributed by atoms with Gasteiger partial charge in [-0.2, -0.15) is 4.31 Å². The number of anilines is 1. The monoisotopic (exact) mass is 356 g/mol. The fourth-order valence-electron chi connectivity index (χ4n) is 2.28. The highest BCUT2D eigenvalue weighted by atomic mass is 32.2. The summed E-state index contributed by atoms with van der Waals surface area (Å²) in [5.74, 6) is -0.397. The van der Waals surface area contributed by atoms with Crippen LogP contribution in [0.15, 0.2) is 28.7 Å². The van der Waals surface area contributed by atoms with Gasteiger partial charge in [-0.1, -0.05) is 0 Å². The Morgan fingerprint density at radius 2 is 2.13 bits per heavy atom. The number of ether oxygens (including phenoxy) is 1. The number of amides is 1. The predicted octanol–water partition coefficient (Wildman–Crippen LogP) is 0.755. The zero-order valence-electron chi connectivity index (χ0n) is 12.4. The molecule has 23 heavy (non-hydrogen) atoms. The number of sulfonamides is 1. The van der Waals surface area contributed by atoms with E-state index in [1.165, 1.54) is 32.5 Å². The van der Waals surface area contributed by atoms with Gasteiger partial charge in [0, 0.05) is 37.9 Å². The molecule has 124 valence electrons. The number of hydrogen-bond acceptors (Lipinski definition) is 6. The van der Waals surface area contributed by atoms with Crippen molar-refractivity contribution in [3.8, 4) is 0 Å². The number of nitrogens with zero attached hydrogens (tertiary/aromatic N) is 3. The van der Waals surface area contributed by atoms with Crippen LogP contribution in [0.3, 0.4) is 0 Å². The van der Waals surface area contributed by atoms with Crippen LogP contribution in [0.25, 0.3) is 0 Å². The molecule has 0 saturated carbocycles. The Labute approximate surface area is 137 Å². The van der Waals surface area contributed by atoms with E-state index in [-0.39, 0.29) is 10.6 Å². The number of aromatic nitrogens is 2. The number of carbonyl (C=O) groups is 1. The van der Waals surface area contributed by atoms with Crippen LogP contribution in [0.5, 0.6) is 0 Å². The van der Waals surface area contributed by atoms with Crippen molar-refractivity contribution in [2.24, 2.45) is 7.05 Å². The van der Waals surface area contributed by atoms with Gasteiger partial charge in [-0.25, -0.2) is 13.4 Å². The third-order valence-corrected chi connectivity index (χ3v) is 6.03. The van der Waals surface area contributed by atoms with Gasteiger partial charge in [-0.15, -0.1) is 11.3 Å². The maximum Gasteiger partial charge on any atom is 0.274 e. The van der Waals surface area contributed by atoms with E-state index in [1.54, 1.807) is 18.6 Å². The zero-order chi connectivity index (χ0) is 16.4. The Balaban J connectivity index is 1.84. The lowest BCUT2D eigenvalue weighted by molar-refractivity contribution is 0.0730. The van der Waals surface area contributed by atoms with Crippen LogP contribution in [0, 0.1) is 0 Å². The molecule has 0 spiro atoms. The molecule has 1 aliphatic rings. The largest absolute Gasteiger partial charge is 0.379 e. The maximum atomic E-state index is 12.6. The molecule has 2 aromatic heterocycles. The topological polar surface area (TPSA) is 93.5 Å². The molecule has 1 fully saturated rings. The summed E-state index contributed by atoms with van der Waals surface area (Å²) in [5, 5.41) is 4.85. The number of hydrogen-bond donors (Lipinski definition) is 1. The molecule has 0 bridgehead atoms. The van der Waals surface area contributed by atoms with E-state index in [0.29, 0.717) is 31.4 Å². The highest BCUT2D eigenvalue weighted by Crippen LogP contribution is 2.20. The highest BCUT2D eigenvalue weighted by Gasteiger charge is 2.28. The number of nitrogens with one attached hydrogen (secondary N) is 1. The lowest BCUT2D eigenvalue weighted by Gasteiger charge is -2.25. The van der Waals surface area contributed by atoms with Crippen molar-refractivity contribution < 1.29 is 17.9 Å². The molecular formula is C13H16N4O4S2. The van der Waals surface area contributed by atoms with Gasteiger partial charge in [0.05, 0.1) is 13.2 Å². The summed E-state index contributed by atoms with van der Waals surface area (Å²) in [7, 11) is -1.99. The first-order chi connectivity index (χ1) is 11.0. The quantitative estimate of drug-likeness (QED) is 0.873. The average Bonchev–Trinajstić information content (AvgIpc) is 3.18. The number of aryl methyl sites for hydroxylation is 1. The van der Waals surface area contributed by atoms with E-state index in [0.717, 1.165) is 0 Å². The van der Waals surface area contributed by atoms with Crippen LogP contribution in [-0.4, -0.2) is 54.5 Å². The van der Waals surface area contributed by atoms with Crippen molar-refractivity contribution in [1.29, 1.82) is 0 Å². The summed E-state index contributed by atoms with van der Waals surface area (Å²) in [4.78, 5) is 16.3. The Kier molecular flexibility index (Phi) is 4.48. The Hall–Kier alpha value is -1.75. The first kappa shape index (κ1) is 16.1. The molecule has 8 nitrogen and oxygen atoms in total. The molecule has 3 rings (SSSR count). The van der Waals surface area contributed by atoms with Gasteiger partial charge < -0.3 is 9.30 Å². The van der Waals surface area contributed by atoms with Gasteiger partial charge in [0.1, 0.15) is 10.6 Å². The number of morpholine rings is 1. The van der Waals surface area contributed by atoms with E-state index < -0.39 is 15.9 Å². The molecule has 0 aliphatic carbocycles. The molecule has 0 unspecified atom stereocenters. The smallest absolute Gasteiger partial charge is 0.274 e. The number of carbonyl (C=O) groups excluding carboxylic acids is 1. The fourth-order valence-corrected chi connectivity index (χ4v) is 4.29. The SMILES string of the molecule is Cn1cc(S(=O)(=O)N2CCOCC2)cc1C(=O)Nc1nccs1. The van der Waals surface area contributed by atoms with Crippen LogP contribution in [-0.2, 0) is 21.8 Å². The molecule has 1 aliphatic heterocycles. The third kappa shape index (κ3) is 3.29. The van der Waals surface area contributed by atoms with Crippen LogP contribution in [0.4, 0.5) is 5.13 Å². The van der Waals surface area contributed by atoms with Gasteiger partial charge in [0.2, 0.25) is 10.0 Å². The zero-order valence-corrected chi connectivity index (χ0v) is 14.1. The van der Waals surface area contributed by atoms with Crippen molar-refractivity contribution in [1.82, 2.24) is 13.9 Å². The first-order valence-corrected chi connectivity index (χ1v) is 9.25. The van der Waals surface area contributed by atoms with Crippen molar-refractivity contribution in [3.63, 3.8) is 0 Å². The van der Waals surface area contributed by atoms with Crippen molar-refractivity contribution in [2.45, 2.75) is 4.90 Å². The summed E-state index contributed by atoms with van der Waals surface area (Å²) in [6.07, 6.45) is 3.03. The predicted molar refractivity (Wildman–Crippen MR) is 85.1 cm³/mol. The third-order valence-electron chi connectivity index (χ3n) is 3.47. The number of thiazole rings is 1.